The highest BCUT2D eigenvalue weighted by Gasteiger charge is 2.17. The van der Waals surface area contributed by atoms with Gasteiger partial charge in [-0.3, -0.25) is 14.5 Å². The maximum absolute atomic E-state index is 12.0. The van der Waals surface area contributed by atoms with E-state index in [1.165, 1.54) is 0 Å². The smallest absolute Gasteiger partial charge is 0.250 e. The Bertz CT molecular complexity index is 496. The van der Waals surface area contributed by atoms with Crippen LogP contribution in [0.5, 0.6) is 0 Å². The predicted molar refractivity (Wildman–Crippen MR) is 77.5 cm³/mol. The molecule has 2 amide bonds. The van der Waals surface area contributed by atoms with Crippen LogP contribution in [0, 0.1) is 0 Å². The summed E-state index contributed by atoms with van der Waals surface area (Å²) in [6, 6.07) is 6.77. The summed E-state index contributed by atoms with van der Waals surface area (Å²) in [5.41, 5.74) is 6.09. The van der Waals surface area contributed by atoms with Crippen molar-refractivity contribution in [3.63, 3.8) is 0 Å². The average Bonchev–Trinajstić information content (AvgIpc) is 2.41. The van der Waals surface area contributed by atoms with Crippen LogP contribution in [-0.4, -0.2) is 61.4 Å². The van der Waals surface area contributed by atoms with Gasteiger partial charge in [-0.2, -0.15) is 0 Å². The van der Waals surface area contributed by atoms with Crippen LogP contribution in [0.15, 0.2) is 24.3 Å². The van der Waals surface area contributed by atoms with Crippen LogP contribution in [0.2, 0.25) is 0 Å². The molecule has 0 atom stereocenters. The van der Waals surface area contributed by atoms with Crippen molar-refractivity contribution < 1.29 is 9.59 Å². The number of para-hydroxylation sites is 1. The largest absolute Gasteiger partial charge is 0.366 e. The quantitative estimate of drug-likeness (QED) is 0.809. The second kappa shape index (κ2) is 6.49. The van der Waals surface area contributed by atoms with Gasteiger partial charge in [-0.25, -0.2) is 0 Å². The van der Waals surface area contributed by atoms with Crippen molar-refractivity contribution in [1.82, 2.24) is 9.80 Å². The number of likely N-dealkylation sites (N-methyl/N-ethyl adjacent to an activating group) is 1. The van der Waals surface area contributed by atoms with Crippen molar-refractivity contribution in [3.05, 3.63) is 29.8 Å². The van der Waals surface area contributed by atoms with Crippen LogP contribution >= 0.6 is 0 Å². The Morgan fingerprint density at radius 3 is 2.50 bits per heavy atom. The molecule has 0 aromatic heterocycles. The van der Waals surface area contributed by atoms with Crippen LogP contribution in [0.1, 0.15) is 10.4 Å². The summed E-state index contributed by atoms with van der Waals surface area (Å²) in [6.45, 7) is 4.01. The van der Waals surface area contributed by atoms with Crippen LogP contribution in [0.25, 0.3) is 0 Å². The van der Waals surface area contributed by atoms with Gasteiger partial charge in [0.05, 0.1) is 17.8 Å². The number of amides is 2. The number of rotatable bonds is 4. The van der Waals surface area contributed by atoms with Gasteiger partial charge in [0.1, 0.15) is 0 Å². The van der Waals surface area contributed by atoms with Crippen LogP contribution < -0.4 is 11.1 Å². The Morgan fingerprint density at radius 2 is 1.85 bits per heavy atom. The molecule has 0 spiro atoms. The van der Waals surface area contributed by atoms with Crippen LogP contribution in [0.4, 0.5) is 5.69 Å². The van der Waals surface area contributed by atoms with Gasteiger partial charge in [-0.15, -0.1) is 0 Å². The van der Waals surface area contributed by atoms with Gasteiger partial charge in [-0.05, 0) is 19.2 Å². The summed E-state index contributed by atoms with van der Waals surface area (Å²) >= 11 is 0. The third-order valence-corrected chi connectivity index (χ3v) is 3.43. The van der Waals surface area contributed by atoms with Gasteiger partial charge in [0.15, 0.2) is 0 Å². The van der Waals surface area contributed by atoms with Crippen molar-refractivity contribution in [2.24, 2.45) is 5.73 Å². The Kier molecular flexibility index (Phi) is 4.70. The molecule has 6 heteroatoms. The number of nitrogens with two attached hydrogens (primary N) is 1. The van der Waals surface area contributed by atoms with Crippen molar-refractivity contribution >= 4 is 17.5 Å². The van der Waals surface area contributed by atoms with Gasteiger partial charge in [0.25, 0.3) is 5.91 Å². The molecule has 0 unspecified atom stereocenters. The highest BCUT2D eigenvalue weighted by Crippen LogP contribution is 2.14. The molecule has 1 aromatic carbocycles. The molecule has 0 radical (unpaired) electrons. The lowest BCUT2D eigenvalue weighted by atomic mass is 10.1. The maximum Gasteiger partial charge on any atom is 0.250 e. The molecule has 6 nitrogen and oxygen atoms in total. The first kappa shape index (κ1) is 14.5. The van der Waals surface area contributed by atoms with Crippen molar-refractivity contribution in [2.45, 2.75) is 0 Å². The van der Waals surface area contributed by atoms with Gasteiger partial charge in [-0.1, -0.05) is 12.1 Å². The number of carbonyl (C=O) groups excluding carboxylic acids is 2. The molecule has 0 saturated carbocycles. The van der Waals surface area contributed by atoms with E-state index in [4.69, 9.17) is 5.73 Å². The molecule has 1 saturated heterocycles. The Balaban J connectivity index is 1.93. The number of hydrogen-bond acceptors (Lipinski definition) is 4. The molecular weight excluding hydrogens is 256 g/mol. The van der Waals surface area contributed by atoms with E-state index >= 15 is 0 Å². The molecule has 1 aliphatic heterocycles. The minimum atomic E-state index is -0.541. The van der Waals surface area contributed by atoms with E-state index in [1.54, 1.807) is 24.3 Å². The van der Waals surface area contributed by atoms with Crippen molar-refractivity contribution in [1.29, 1.82) is 0 Å². The fourth-order valence-electron chi connectivity index (χ4n) is 2.21. The number of benzene rings is 1. The first-order valence-corrected chi connectivity index (χ1v) is 6.66. The van der Waals surface area contributed by atoms with E-state index < -0.39 is 5.91 Å². The summed E-state index contributed by atoms with van der Waals surface area (Å²) in [5, 5.41) is 2.76. The average molecular weight is 276 g/mol. The standard InChI is InChI=1S/C14H20N4O2/c1-17-6-8-18(9-7-17)10-13(19)16-12-5-3-2-4-11(12)14(15)20/h2-5H,6-10H2,1H3,(H2,15,20)(H,16,19). The number of primary amides is 1. The van der Waals surface area contributed by atoms with Crippen LogP contribution in [0.3, 0.4) is 0 Å². The van der Waals surface area contributed by atoms with Crippen LogP contribution in [-0.2, 0) is 4.79 Å². The highest BCUT2D eigenvalue weighted by atomic mass is 16.2. The van der Waals surface area contributed by atoms with Gasteiger partial charge in [0.2, 0.25) is 5.91 Å². The van der Waals surface area contributed by atoms with Crippen molar-refractivity contribution in [3.8, 4) is 0 Å². The zero-order chi connectivity index (χ0) is 14.5. The fourth-order valence-corrected chi connectivity index (χ4v) is 2.21. The van der Waals surface area contributed by atoms with Gasteiger partial charge >= 0.3 is 0 Å². The second-order valence-corrected chi connectivity index (χ2v) is 5.04. The van der Waals surface area contributed by atoms with E-state index in [0.717, 1.165) is 26.2 Å². The molecule has 1 aromatic rings. The lowest BCUT2D eigenvalue weighted by Crippen LogP contribution is -2.47. The predicted octanol–water partition coefficient (Wildman–Crippen LogP) is -0.0286. The molecule has 108 valence electrons. The number of anilines is 1. The number of hydrogen-bond donors (Lipinski definition) is 2. The lowest BCUT2D eigenvalue weighted by molar-refractivity contribution is -0.117. The first-order valence-electron chi connectivity index (χ1n) is 6.66. The molecule has 1 aliphatic rings. The molecule has 0 bridgehead atoms. The summed E-state index contributed by atoms with van der Waals surface area (Å²) in [6.07, 6.45) is 0. The first-order chi connectivity index (χ1) is 9.56. The Hall–Kier alpha value is -1.92. The number of piperazine rings is 1. The topological polar surface area (TPSA) is 78.7 Å². The third kappa shape index (κ3) is 3.79. The SMILES string of the molecule is CN1CCN(CC(=O)Nc2ccccc2C(N)=O)CC1. The minimum absolute atomic E-state index is 0.122. The number of nitrogens with zero attached hydrogens (tertiary/aromatic N) is 2. The van der Waals surface area contributed by atoms with Crippen molar-refractivity contribution in [2.75, 3.05) is 45.1 Å². The molecular formula is C14H20N4O2. The summed E-state index contributed by atoms with van der Waals surface area (Å²) in [5.74, 6) is -0.663. The zero-order valence-electron chi connectivity index (χ0n) is 11.6. The van der Waals surface area contributed by atoms with E-state index in [2.05, 4.69) is 22.2 Å². The Morgan fingerprint density at radius 1 is 1.20 bits per heavy atom. The molecule has 2 rings (SSSR count). The maximum atomic E-state index is 12.0. The fraction of sp³-hybridized carbons (Fsp3) is 0.429. The summed E-state index contributed by atoms with van der Waals surface area (Å²) in [4.78, 5) is 27.6. The van der Waals surface area contributed by atoms with Gasteiger partial charge < -0.3 is 16.0 Å². The summed E-state index contributed by atoms with van der Waals surface area (Å²) < 4.78 is 0. The molecule has 1 fully saturated rings. The zero-order valence-corrected chi connectivity index (χ0v) is 11.6. The van der Waals surface area contributed by atoms with E-state index in [9.17, 15) is 9.59 Å². The van der Waals surface area contributed by atoms with E-state index in [0.29, 0.717) is 17.8 Å². The number of carbonyl (C=O) groups is 2. The van der Waals surface area contributed by atoms with E-state index in [-0.39, 0.29) is 5.91 Å². The second-order valence-electron chi connectivity index (χ2n) is 5.04. The molecule has 1 heterocycles. The highest BCUT2D eigenvalue weighted by molar-refractivity contribution is 6.03. The monoisotopic (exact) mass is 276 g/mol. The number of nitrogens with one attached hydrogen (secondary N) is 1. The summed E-state index contributed by atoms with van der Waals surface area (Å²) in [7, 11) is 2.07. The Labute approximate surface area is 118 Å². The molecule has 3 N–H and O–H groups in total. The van der Waals surface area contributed by atoms with E-state index in [1.807, 2.05) is 0 Å². The molecule has 20 heavy (non-hydrogen) atoms. The third-order valence-electron chi connectivity index (χ3n) is 3.43. The normalized spacial score (nSPS) is 16.9. The van der Waals surface area contributed by atoms with Gasteiger partial charge in [0, 0.05) is 26.2 Å². The molecule has 0 aliphatic carbocycles. The minimum Gasteiger partial charge on any atom is -0.366 e. The lowest BCUT2D eigenvalue weighted by Gasteiger charge is -2.31.